The van der Waals surface area contributed by atoms with Crippen LogP contribution >= 0.6 is 0 Å². The molecule has 1 N–H and O–H groups in total. The molecule has 1 heterocycles. The average molecular weight is 265 g/mol. The van der Waals surface area contributed by atoms with E-state index in [2.05, 4.69) is 11.8 Å². The normalized spacial score (nSPS) is 24.4. The second-order valence-corrected chi connectivity index (χ2v) is 5.64. The van der Waals surface area contributed by atoms with Gasteiger partial charge in [-0.05, 0) is 42.5 Å². The third kappa shape index (κ3) is 3.53. The minimum atomic E-state index is -0.729. The Morgan fingerprint density at radius 3 is 2.89 bits per heavy atom. The van der Waals surface area contributed by atoms with Gasteiger partial charge < -0.3 is 5.11 Å². The summed E-state index contributed by atoms with van der Waals surface area (Å²) < 4.78 is 13.3. The van der Waals surface area contributed by atoms with Crippen LogP contribution in [-0.2, 0) is 11.3 Å². The van der Waals surface area contributed by atoms with Crippen LogP contribution in [0.25, 0.3) is 0 Å². The molecular formula is C15H20FNO2. The number of benzene rings is 1. The molecule has 0 saturated carbocycles. The second-order valence-electron chi connectivity index (χ2n) is 5.64. The van der Waals surface area contributed by atoms with Crippen LogP contribution in [0.15, 0.2) is 18.2 Å². The maximum absolute atomic E-state index is 13.3. The molecule has 1 aromatic rings. The van der Waals surface area contributed by atoms with Crippen LogP contribution in [0, 0.1) is 24.6 Å². The lowest BCUT2D eigenvalue weighted by Gasteiger charge is -2.34. The summed E-state index contributed by atoms with van der Waals surface area (Å²) in [6.07, 6.45) is 0.730. The summed E-state index contributed by atoms with van der Waals surface area (Å²) in [4.78, 5) is 13.3. The van der Waals surface area contributed by atoms with Gasteiger partial charge in [0.2, 0.25) is 0 Å². The molecule has 0 radical (unpaired) electrons. The maximum Gasteiger partial charge on any atom is 0.307 e. The largest absolute Gasteiger partial charge is 0.481 e. The van der Waals surface area contributed by atoms with Crippen molar-refractivity contribution in [3.05, 3.63) is 35.1 Å². The minimum absolute atomic E-state index is 0.236. The summed E-state index contributed by atoms with van der Waals surface area (Å²) in [7, 11) is 0. The highest BCUT2D eigenvalue weighted by molar-refractivity contribution is 5.70. The molecule has 4 heteroatoms. The molecule has 3 nitrogen and oxygen atoms in total. The van der Waals surface area contributed by atoms with E-state index in [1.165, 1.54) is 6.07 Å². The SMILES string of the molecule is Cc1ccc(F)cc1CN1CC(C)CC(C(=O)O)C1. The number of aliphatic carboxylic acids is 1. The van der Waals surface area contributed by atoms with Crippen molar-refractivity contribution in [1.82, 2.24) is 4.90 Å². The zero-order chi connectivity index (χ0) is 14.0. The Morgan fingerprint density at radius 1 is 1.47 bits per heavy atom. The van der Waals surface area contributed by atoms with Gasteiger partial charge in [-0.15, -0.1) is 0 Å². The van der Waals surface area contributed by atoms with Crippen molar-refractivity contribution in [2.24, 2.45) is 11.8 Å². The van der Waals surface area contributed by atoms with Gasteiger partial charge in [-0.1, -0.05) is 13.0 Å². The molecule has 0 aliphatic carbocycles. The van der Waals surface area contributed by atoms with Crippen molar-refractivity contribution < 1.29 is 14.3 Å². The van der Waals surface area contributed by atoms with Gasteiger partial charge in [0.1, 0.15) is 5.82 Å². The van der Waals surface area contributed by atoms with Gasteiger partial charge in [0, 0.05) is 19.6 Å². The quantitative estimate of drug-likeness (QED) is 0.913. The first-order chi connectivity index (χ1) is 8.95. The lowest BCUT2D eigenvalue weighted by atomic mass is 9.90. The van der Waals surface area contributed by atoms with Crippen molar-refractivity contribution in [3.8, 4) is 0 Å². The van der Waals surface area contributed by atoms with Gasteiger partial charge in [-0.2, -0.15) is 0 Å². The molecule has 104 valence electrons. The Kier molecular flexibility index (Phi) is 4.20. The van der Waals surface area contributed by atoms with Crippen LogP contribution in [0.4, 0.5) is 4.39 Å². The lowest BCUT2D eigenvalue weighted by molar-refractivity contribution is -0.144. The van der Waals surface area contributed by atoms with Crippen LogP contribution in [0.3, 0.4) is 0 Å². The van der Waals surface area contributed by atoms with E-state index in [0.29, 0.717) is 19.0 Å². The molecule has 1 fully saturated rings. The molecule has 2 rings (SSSR count). The zero-order valence-electron chi connectivity index (χ0n) is 11.4. The predicted molar refractivity (Wildman–Crippen MR) is 71.3 cm³/mol. The molecule has 0 amide bonds. The number of nitrogens with zero attached hydrogens (tertiary/aromatic N) is 1. The van der Waals surface area contributed by atoms with E-state index in [1.807, 2.05) is 6.92 Å². The van der Waals surface area contributed by atoms with Gasteiger partial charge in [-0.25, -0.2) is 4.39 Å². The Labute approximate surface area is 113 Å². The number of halogens is 1. The number of piperidine rings is 1. The number of rotatable bonds is 3. The minimum Gasteiger partial charge on any atom is -0.481 e. The average Bonchev–Trinajstić information content (AvgIpc) is 2.33. The molecule has 0 spiro atoms. The Morgan fingerprint density at radius 2 is 2.21 bits per heavy atom. The van der Waals surface area contributed by atoms with Gasteiger partial charge in [0.15, 0.2) is 0 Å². The standard InChI is InChI=1S/C15H20FNO2/c1-10-5-13(15(18)19)9-17(7-10)8-12-6-14(16)4-3-11(12)2/h3-4,6,10,13H,5,7-9H2,1-2H3,(H,18,19). The fraction of sp³-hybridized carbons (Fsp3) is 0.533. The highest BCUT2D eigenvalue weighted by Gasteiger charge is 2.29. The van der Waals surface area contributed by atoms with Crippen LogP contribution < -0.4 is 0 Å². The van der Waals surface area contributed by atoms with Crippen LogP contribution in [0.2, 0.25) is 0 Å². The van der Waals surface area contributed by atoms with E-state index >= 15 is 0 Å². The molecule has 19 heavy (non-hydrogen) atoms. The van der Waals surface area contributed by atoms with Crippen molar-refractivity contribution >= 4 is 5.97 Å². The highest BCUT2D eigenvalue weighted by Crippen LogP contribution is 2.24. The topological polar surface area (TPSA) is 40.5 Å². The van der Waals surface area contributed by atoms with Crippen molar-refractivity contribution in [2.75, 3.05) is 13.1 Å². The van der Waals surface area contributed by atoms with Gasteiger partial charge in [0.05, 0.1) is 5.92 Å². The number of carboxylic acids is 1. The van der Waals surface area contributed by atoms with E-state index < -0.39 is 5.97 Å². The molecule has 1 aliphatic rings. The maximum atomic E-state index is 13.3. The molecular weight excluding hydrogens is 245 g/mol. The van der Waals surface area contributed by atoms with E-state index in [0.717, 1.165) is 24.1 Å². The fourth-order valence-corrected chi connectivity index (χ4v) is 2.82. The molecule has 2 unspecified atom stereocenters. The van der Waals surface area contributed by atoms with Crippen LogP contribution in [-0.4, -0.2) is 29.1 Å². The van der Waals surface area contributed by atoms with Crippen LogP contribution in [0.1, 0.15) is 24.5 Å². The van der Waals surface area contributed by atoms with E-state index in [1.54, 1.807) is 12.1 Å². The number of carbonyl (C=O) groups is 1. The lowest BCUT2D eigenvalue weighted by Crippen LogP contribution is -2.42. The van der Waals surface area contributed by atoms with Gasteiger partial charge >= 0.3 is 5.97 Å². The summed E-state index contributed by atoms with van der Waals surface area (Å²) >= 11 is 0. The fourth-order valence-electron chi connectivity index (χ4n) is 2.82. The number of carboxylic acid groups (broad SMARTS) is 1. The molecule has 1 aromatic carbocycles. The van der Waals surface area contributed by atoms with Gasteiger partial charge in [0.25, 0.3) is 0 Å². The first kappa shape index (κ1) is 14.0. The third-order valence-electron chi connectivity index (χ3n) is 3.79. The molecule has 1 saturated heterocycles. The van der Waals surface area contributed by atoms with Crippen LogP contribution in [0.5, 0.6) is 0 Å². The Balaban J connectivity index is 2.09. The number of hydrogen-bond donors (Lipinski definition) is 1. The Bertz CT molecular complexity index is 475. The summed E-state index contributed by atoms with van der Waals surface area (Å²) in [5.74, 6) is -0.908. The summed E-state index contributed by atoms with van der Waals surface area (Å²) in [5.41, 5.74) is 1.99. The first-order valence-corrected chi connectivity index (χ1v) is 6.66. The number of hydrogen-bond acceptors (Lipinski definition) is 2. The Hall–Kier alpha value is -1.42. The van der Waals surface area contributed by atoms with E-state index in [4.69, 9.17) is 5.11 Å². The monoisotopic (exact) mass is 265 g/mol. The second kappa shape index (κ2) is 5.70. The van der Waals surface area contributed by atoms with Gasteiger partial charge in [-0.3, -0.25) is 9.69 Å². The highest BCUT2D eigenvalue weighted by atomic mass is 19.1. The zero-order valence-corrected chi connectivity index (χ0v) is 11.4. The number of aryl methyl sites for hydroxylation is 1. The van der Waals surface area contributed by atoms with Crippen molar-refractivity contribution in [2.45, 2.75) is 26.8 Å². The first-order valence-electron chi connectivity index (χ1n) is 6.66. The molecule has 0 aromatic heterocycles. The summed E-state index contributed by atoms with van der Waals surface area (Å²) in [6.45, 7) is 6.07. The predicted octanol–water partition coefficient (Wildman–Crippen LogP) is 2.68. The summed E-state index contributed by atoms with van der Waals surface area (Å²) in [6, 6.07) is 4.77. The molecule has 1 aliphatic heterocycles. The van der Waals surface area contributed by atoms with Crippen molar-refractivity contribution in [1.29, 1.82) is 0 Å². The smallest absolute Gasteiger partial charge is 0.307 e. The van der Waals surface area contributed by atoms with E-state index in [-0.39, 0.29) is 11.7 Å². The molecule has 0 bridgehead atoms. The number of likely N-dealkylation sites (tertiary alicyclic amines) is 1. The van der Waals surface area contributed by atoms with E-state index in [9.17, 15) is 9.18 Å². The third-order valence-corrected chi connectivity index (χ3v) is 3.79. The molecule has 2 atom stereocenters. The van der Waals surface area contributed by atoms with Crippen molar-refractivity contribution in [3.63, 3.8) is 0 Å². The summed E-state index contributed by atoms with van der Waals surface area (Å²) in [5, 5.41) is 9.15.